The maximum Gasteiger partial charge on any atom is 0.358 e. The van der Waals surface area contributed by atoms with Crippen LogP contribution < -0.4 is 0 Å². The van der Waals surface area contributed by atoms with Crippen molar-refractivity contribution in [3.8, 4) is 0 Å². The van der Waals surface area contributed by atoms with Crippen molar-refractivity contribution >= 4 is 14.3 Å². The molecule has 0 aromatic carbocycles. The molecule has 0 radical (unpaired) electrons. The first-order valence-electron chi connectivity index (χ1n) is 8.58. The number of hydrogen-bond donors (Lipinski definition) is 1. The van der Waals surface area contributed by atoms with Gasteiger partial charge in [0.05, 0.1) is 19.0 Å². The van der Waals surface area contributed by atoms with E-state index in [1.807, 2.05) is 4.57 Å². The highest BCUT2D eigenvalue weighted by Gasteiger charge is 2.39. The average Bonchev–Trinajstić information content (AvgIpc) is 2.92. The van der Waals surface area contributed by atoms with Crippen molar-refractivity contribution in [1.29, 1.82) is 0 Å². The van der Waals surface area contributed by atoms with Crippen LogP contribution in [-0.4, -0.2) is 48.3 Å². The minimum Gasteiger partial charge on any atom is -0.461 e. The molecule has 0 aliphatic rings. The molecule has 0 fully saturated rings. The average molecular weight is 357 g/mol. The van der Waals surface area contributed by atoms with Crippen molar-refractivity contribution in [3.05, 3.63) is 18.2 Å². The van der Waals surface area contributed by atoms with Crippen molar-refractivity contribution in [2.45, 2.75) is 71.3 Å². The summed E-state index contributed by atoms with van der Waals surface area (Å²) in [5, 5.41) is 9.27. The van der Waals surface area contributed by atoms with Gasteiger partial charge in [-0.2, -0.15) is 0 Å². The number of carbonyl (C=O) groups excluding carboxylic acids is 1. The molecule has 6 nitrogen and oxygen atoms in total. The zero-order chi connectivity index (χ0) is 18.4. The first-order chi connectivity index (χ1) is 11.1. The van der Waals surface area contributed by atoms with Crippen molar-refractivity contribution < 1.29 is 19.1 Å². The van der Waals surface area contributed by atoms with Crippen molar-refractivity contribution in [3.63, 3.8) is 0 Å². The molecule has 0 spiro atoms. The molecule has 0 bridgehead atoms. The number of imidazole rings is 1. The van der Waals surface area contributed by atoms with Crippen molar-refractivity contribution in [2.24, 2.45) is 0 Å². The van der Waals surface area contributed by atoms with Gasteiger partial charge in [-0.15, -0.1) is 0 Å². The molecule has 1 atom stereocenters. The van der Waals surface area contributed by atoms with E-state index in [4.69, 9.17) is 14.3 Å². The van der Waals surface area contributed by atoms with Crippen LogP contribution in [0, 0.1) is 0 Å². The number of nitrogens with zero attached hydrogens (tertiary/aromatic N) is 2. The van der Waals surface area contributed by atoms with E-state index in [0.29, 0.717) is 25.3 Å². The Morgan fingerprint density at radius 2 is 2.08 bits per heavy atom. The lowest BCUT2D eigenvalue weighted by Crippen LogP contribution is -2.45. The van der Waals surface area contributed by atoms with E-state index >= 15 is 0 Å². The number of esters is 1. The van der Waals surface area contributed by atoms with Gasteiger partial charge in [-0.3, -0.25) is 0 Å². The van der Waals surface area contributed by atoms with Gasteiger partial charge >= 0.3 is 5.97 Å². The number of aliphatic hydroxyl groups is 1. The second-order valence-corrected chi connectivity index (χ2v) is 12.3. The molecule has 0 aliphatic carbocycles. The summed E-state index contributed by atoms with van der Waals surface area (Å²) < 4.78 is 13.3. The van der Waals surface area contributed by atoms with Crippen molar-refractivity contribution in [2.75, 3.05) is 13.2 Å². The third kappa shape index (κ3) is 6.03. The molecular formula is C17H32N2O4Si. The van der Waals surface area contributed by atoms with Crippen LogP contribution in [0.25, 0.3) is 0 Å². The van der Waals surface area contributed by atoms with Crippen LogP contribution in [0.4, 0.5) is 0 Å². The van der Waals surface area contributed by atoms with E-state index in [2.05, 4.69) is 38.8 Å². The molecule has 0 unspecified atom stereocenters. The maximum absolute atomic E-state index is 11.7. The van der Waals surface area contributed by atoms with Gasteiger partial charge in [-0.25, -0.2) is 9.78 Å². The summed E-state index contributed by atoms with van der Waals surface area (Å²) in [6.45, 7) is 13.9. The Labute approximate surface area is 146 Å². The van der Waals surface area contributed by atoms with Gasteiger partial charge in [0, 0.05) is 19.3 Å². The molecule has 24 heavy (non-hydrogen) atoms. The normalized spacial score (nSPS) is 13.8. The summed E-state index contributed by atoms with van der Waals surface area (Å²) in [5.41, 5.74) is 0.310. The molecule has 138 valence electrons. The van der Waals surface area contributed by atoms with E-state index in [-0.39, 0.29) is 17.7 Å². The number of ether oxygens (including phenoxy) is 1. The third-order valence-corrected chi connectivity index (χ3v) is 9.02. The van der Waals surface area contributed by atoms with Gasteiger partial charge in [0.1, 0.15) is 0 Å². The molecule has 0 saturated carbocycles. The fraction of sp³-hybridized carbons (Fsp3) is 0.765. The monoisotopic (exact) mass is 356 g/mol. The van der Waals surface area contributed by atoms with E-state index in [1.165, 1.54) is 0 Å². The lowest BCUT2D eigenvalue weighted by Gasteiger charge is -2.39. The van der Waals surface area contributed by atoms with E-state index in [9.17, 15) is 4.79 Å². The molecule has 1 heterocycles. The Morgan fingerprint density at radius 3 is 2.62 bits per heavy atom. The molecule has 0 amide bonds. The van der Waals surface area contributed by atoms with Crippen LogP contribution in [0.15, 0.2) is 12.5 Å². The lowest BCUT2D eigenvalue weighted by atomic mass is 10.2. The van der Waals surface area contributed by atoms with E-state index in [0.717, 1.165) is 6.42 Å². The number of rotatable bonds is 9. The summed E-state index contributed by atoms with van der Waals surface area (Å²) in [7, 11) is -1.91. The van der Waals surface area contributed by atoms with E-state index in [1.54, 1.807) is 19.4 Å². The number of carbonyl (C=O) groups is 1. The molecule has 1 aromatic rings. The lowest BCUT2D eigenvalue weighted by molar-refractivity contribution is 0.0519. The highest BCUT2D eigenvalue weighted by molar-refractivity contribution is 6.74. The second-order valence-electron chi connectivity index (χ2n) is 7.54. The topological polar surface area (TPSA) is 73.6 Å². The standard InChI is InChI=1S/C17H32N2O4Si/c1-7-22-16(21)15-12-19(13-18-15)11-14(9-8-10-20)23-24(5,6)17(2,3)4/h12-14,20H,7-11H2,1-6H3/t14-/m0/s1. The Balaban J connectivity index is 2.81. The first kappa shape index (κ1) is 20.9. The summed E-state index contributed by atoms with van der Waals surface area (Å²) in [6.07, 6.45) is 4.78. The molecular weight excluding hydrogens is 324 g/mol. The van der Waals surface area contributed by atoms with Crippen LogP contribution >= 0.6 is 0 Å². The largest absolute Gasteiger partial charge is 0.461 e. The van der Waals surface area contributed by atoms with Gasteiger partial charge in [0.2, 0.25) is 0 Å². The van der Waals surface area contributed by atoms with Gasteiger partial charge < -0.3 is 18.8 Å². The predicted molar refractivity (Wildman–Crippen MR) is 96.6 cm³/mol. The van der Waals surface area contributed by atoms with Crippen LogP contribution in [-0.2, 0) is 15.7 Å². The smallest absolute Gasteiger partial charge is 0.358 e. The highest BCUT2D eigenvalue weighted by atomic mass is 28.4. The van der Waals surface area contributed by atoms with Crippen LogP contribution in [0.2, 0.25) is 18.1 Å². The van der Waals surface area contributed by atoms with Gasteiger partial charge in [0.25, 0.3) is 0 Å². The molecule has 1 N–H and O–H groups in total. The Bertz CT molecular complexity index is 523. The minimum absolute atomic E-state index is 0.0118. The fourth-order valence-corrected chi connectivity index (χ4v) is 3.48. The van der Waals surface area contributed by atoms with E-state index < -0.39 is 14.3 Å². The first-order valence-corrected chi connectivity index (χ1v) is 11.5. The molecule has 1 aromatic heterocycles. The minimum atomic E-state index is -1.91. The van der Waals surface area contributed by atoms with Gasteiger partial charge in [-0.05, 0) is 37.9 Å². The fourth-order valence-electron chi connectivity index (χ4n) is 2.11. The zero-order valence-corrected chi connectivity index (χ0v) is 16.8. The summed E-state index contributed by atoms with van der Waals surface area (Å²) in [6, 6.07) is 0. The second kappa shape index (κ2) is 8.78. The summed E-state index contributed by atoms with van der Waals surface area (Å²) in [5.74, 6) is -0.409. The Morgan fingerprint density at radius 1 is 1.42 bits per heavy atom. The Hall–Kier alpha value is -1.18. The molecule has 1 rings (SSSR count). The van der Waals surface area contributed by atoms with Crippen LogP contribution in [0.5, 0.6) is 0 Å². The third-order valence-electron chi connectivity index (χ3n) is 4.48. The maximum atomic E-state index is 11.7. The number of aliphatic hydroxyl groups excluding tert-OH is 1. The zero-order valence-electron chi connectivity index (χ0n) is 15.8. The molecule has 0 saturated heterocycles. The van der Waals surface area contributed by atoms with Gasteiger partial charge in [0.15, 0.2) is 14.0 Å². The van der Waals surface area contributed by atoms with Crippen LogP contribution in [0.3, 0.4) is 0 Å². The number of aromatic nitrogens is 2. The number of hydrogen-bond acceptors (Lipinski definition) is 5. The molecule has 0 aliphatic heterocycles. The molecule has 7 heteroatoms. The Kier molecular flexibility index (Phi) is 7.63. The van der Waals surface area contributed by atoms with Crippen LogP contribution in [0.1, 0.15) is 51.0 Å². The predicted octanol–water partition coefficient (Wildman–Crippen LogP) is 3.22. The van der Waals surface area contributed by atoms with Gasteiger partial charge in [-0.1, -0.05) is 20.8 Å². The van der Waals surface area contributed by atoms with Crippen molar-refractivity contribution in [1.82, 2.24) is 9.55 Å². The SMILES string of the molecule is CCOC(=O)c1cn(C[C@H](CCCO)O[Si](C)(C)C(C)(C)C)cn1. The summed E-state index contributed by atoms with van der Waals surface area (Å²) >= 11 is 0. The quantitative estimate of drug-likeness (QED) is 0.543. The highest BCUT2D eigenvalue weighted by Crippen LogP contribution is 2.37. The summed E-state index contributed by atoms with van der Waals surface area (Å²) in [4.78, 5) is 15.8.